The maximum atomic E-state index is 12.7. The van der Waals surface area contributed by atoms with E-state index in [9.17, 15) is 10.1 Å². The lowest BCUT2D eigenvalue weighted by atomic mass is 9.96. The lowest BCUT2D eigenvalue weighted by Gasteiger charge is -2.31. The second kappa shape index (κ2) is 9.47. The summed E-state index contributed by atoms with van der Waals surface area (Å²) in [7, 11) is 3.20. The van der Waals surface area contributed by atoms with Gasteiger partial charge in [0.05, 0.1) is 20.5 Å². The van der Waals surface area contributed by atoms with Crippen molar-refractivity contribution in [1.82, 2.24) is 10.3 Å². The third-order valence-corrected chi connectivity index (χ3v) is 5.54. The third kappa shape index (κ3) is 4.39. The number of ether oxygens (including phenoxy) is 2. The van der Waals surface area contributed by atoms with Gasteiger partial charge in [0.1, 0.15) is 17.6 Å². The van der Waals surface area contributed by atoms with Crippen molar-refractivity contribution in [2.75, 3.05) is 32.2 Å². The van der Waals surface area contributed by atoms with Crippen LogP contribution in [-0.2, 0) is 11.3 Å². The van der Waals surface area contributed by atoms with E-state index in [4.69, 9.17) is 18.3 Å². The molecule has 0 saturated carbocycles. The van der Waals surface area contributed by atoms with Crippen LogP contribution >= 0.6 is 0 Å². The highest BCUT2D eigenvalue weighted by Gasteiger charge is 2.29. The molecule has 1 aliphatic heterocycles. The van der Waals surface area contributed by atoms with Gasteiger partial charge in [0, 0.05) is 31.1 Å². The van der Waals surface area contributed by atoms with Crippen molar-refractivity contribution in [3.8, 4) is 29.2 Å². The number of hydrogen-bond donors (Lipinski definition) is 1. The molecule has 1 saturated heterocycles. The highest BCUT2D eigenvalue weighted by Crippen LogP contribution is 2.31. The number of carbonyl (C=O) groups is 1. The highest BCUT2D eigenvalue weighted by molar-refractivity contribution is 5.79. The predicted octanol–water partition coefficient (Wildman–Crippen LogP) is 3.36. The maximum Gasteiger partial charge on any atom is 0.266 e. The second-order valence-corrected chi connectivity index (χ2v) is 7.42. The molecule has 1 aromatic carbocycles. The number of piperidine rings is 1. The number of furan rings is 1. The summed E-state index contributed by atoms with van der Waals surface area (Å²) in [6, 6.07) is 11.0. The van der Waals surface area contributed by atoms with E-state index in [1.165, 1.54) is 6.26 Å². The normalized spacial score (nSPS) is 14.1. The number of aromatic nitrogens is 1. The Morgan fingerprint density at radius 3 is 2.75 bits per heavy atom. The molecule has 9 heteroatoms. The number of carbonyl (C=O) groups excluding carboxylic acids is 1. The van der Waals surface area contributed by atoms with Crippen LogP contribution in [0.2, 0.25) is 0 Å². The molecule has 0 bridgehead atoms. The van der Waals surface area contributed by atoms with Gasteiger partial charge in [0.2, 0.25) is 17.5 Å². The molecule has 3 aromatic rings. The summed E-state index contributed by atoms with van der Waals surface area (Å²) in [5.41, 5.74) is 1.06. The molecular weight excluding hydrogens is 412 g/mol. The van der Waals surface area contributed by atoms with Crippen LogP contribution in [0.3, 0.4) is 0 Å². The summed E-state index contributed by atoms with van der Waals surface area (Å²) >= 11 is 0. The van der Waals surface area contributed by atoms with Gasteiger partial charge in [0.15, 0.2) is 5.76 Å². The number of rotatable bonds is 7. The number of nitrogens with one attached hydrogen (secondary N) is 1. The van der Waals surface area contributed by atoms with E-state index < -0.39 is 0 Å². The molecule has 3 heterocycles. The third-order valence-electron chi connectivity index (χ3n) is 5.54. The maximum absolute atomic E-state index is 12.7. The molecule has 1 N–H and O–H groups in total. The standard InChI is InChI=1S/C23H24N4O5/c1-29-17-5-6-19(30-2)16(12-17)14-25-21(28)15-7-9-27(10-8-15)23-18(13-24)26-22(32-23)20-4-3-11-31-20/h3-6,11-12,15H,7-10,14H2,1-2H3,(H,25,28). The van der Waals surface area contributed by atoms with Gasteiger partial charge < -0.3 is 28.5 Å². The number of benzene rings is 1. The van der Waals surface area contributed by atoms with Gasteiger partial charge >= 0.3 is 0 Å². The van der Waals surface area contributed by atoms with Crippen molar-refractivity contribution in [2.24, 2.45) is 5.92 Å². The van der Waals surface area contributed by atoms with Crippen LogP contribution in [0.15, 0.2) is 45.4 Å². The van der Waals surface area contributed by atoms with Crippen molar-refractivity contribution in [3.63, 3.8) is 0 Å². The fourth-order valence-electron chi connectivity index (χ4n) is 3.80. The van der Waals surface area contributed by atoms with Gasteiger partial charge in [-0.25, -0.2) is 0 Å². The molecule has 32 heavy (non-hydrogen) atoms. The lowest BCUT2D eigenvalue weighted by molar-refractivity contribution is -0.125. The van der Waals surface area contributed by atoms with Crippen molar-refractivity contribution in [2.45, 2.75) is 19.4 Å². The van der Waals surface area contributed by atoms with Gasteiger partial charge in [0.25, 0.3) is 5.89 Å². The molecule has 1 fully saturated rings. The SMILES string of the molecule is COc1ccc(OC)c(CNC(=O)C2CCN(c3oc(-c4ccco4)nc3C#N)CC2)c1. The van der Waals surface area contributed by atoms with Crippen LogP contribution in [0.25, 0.3) is 11.7 Å². The highest BCUT2D eigenvalue weighted by atomic mass is 16.5. The Hall–Kier alpha value is -3.93. The lowest BCUT2D eigenvalue weighted by Crippen LogP contribution is -2.40. The van der Waals surface area contributed by atoms with E-state index in [0.29, 0.717) is 55.6 Å². The first kappa shape index (κ1) is 21.3. The molecular formula is C23H24N4O5. The minimum atomic E-state index is -0.124. The molecule has 0 atom stereocenters. The fourth-order valence-corrected chi connectivity index (χ4v) is 3.80. The van der Waals surface area contributed by atoms with E-state index in [0.717, 1.165) is 5.56 Å². The zero-order chi connectivity index (χ0) is 22.5. The first-order chi connectivity index (χ1) is 15.6. The monoisotopic (exact) mass is 436 g/mol. The number of hydrogen-bond acceptors (Lipinski definition) is 8. The van der Waals surface area contributed by atoms with Crippen molar-refractivity contribution in [3.05, 3.63) is 47.9 Å². The number of amides is 1. The molecule has 4 rings (SSSR count). The van der Waals surface area contributed by atoms with E-state index in [-0.39, 0.29) is 23.4 Å². The molecule has 1 aliphatic rings. The van der Waals surface area contributed by atoms with Gasteiger partial charge in [-0.2, -0.15) is 10.2 Å². The van der Waals surface area contributed by atoms with Gasteiger partial charge in [-0.3, -0.25) is 4.79 Å². The largest absolute Gasteiger partial charge is 0.497 e. The Morgan fingerprint density at radius 1 is 1.28 bits per heavy atom. The summed E-state index contributed by atoms with van der Waals surface area (Å²) in [5.74, 6) is 2.42. The van der Waals surface area contributed by atoms with Crippen molar-refractivity contribution in [1.29, 1.82) is 5.26 Å². The quantitative estimate of drug-likeness (QED) is 0.600. The summed E-state index contributed by atoms with van der Waals surface area (Å²) in [6.07, 6.45) is 2.81. The molecule has 2 aromatic heterocycles. The molecule has 0 unspecified atom stereocenters. The smallest absolute Gasteiger partial charge is 0.266 e. The Balaban J connectivity index is 1.36. The second-order valence-electron chi connectivity index (χ2n) is 7.42. The minimum Gasteiger partial charge on any atom is -0.497 e. The topological polar surface area (TPSA) is 114 Å². The molecule has 0 aliphatic carbocycles. The van der Waals surface area contributed by atoms with Gasteiger partial charge in [-0.1, -0.05) is 0 Å². The van der Waals surface area contributed by atoms with Crippen LogP contribution in [0, 0.1) is 17.2 Å². The van der Waals surface area contributed by atoms with Gasteiger partial charge in [-0.05, 0) is 43.2 Å². The Morgan fingerprint density at radius 2 is 2.09 bits per heavy atom. The first-order valence-electron chi connectivity index (χ1n) is 10.3. The molecule has 0 spiro atoms. The molecule has 166 valence electrons. The van der Waals surface area contributed by atoms with Crippen LogP contribution in [0.4, 0.5) is 5.88 Å². The van der Waals surface area contributed by atoms with Crippen LogP contribution in [-0.4, -0.2) is 38.2 Å². The van der Waals surface area contributed by atoms with Crippen LogP contribution in [0.1, 0.15) is 24.1 Å². The zero-order valence-corrected chi connectivity index (χ0v) is 18.0. The predicted molar refractivity (Wildman–Crippen MR) is 115 cm³/mol. The van der Waals surface area contributed by atoms with E-state index in [2.05, 4.69) is 16.4 Å². The molecule has 9 nitrogen and oxygen atoms in total. The van der Waals surface area contributed by atoms with Crippen LogP contribution in [0.5, 0.6) is 11.5 Å². The molecule has 0 radical (unpaired) electrons. The summed E-state index contributed by atoms with van der Waals surface area (Å²) in [6.45, 7) is 1.52. The summed E-state index contributed by atoms with van der Waals surface area (Å²) < 4.78 is 21.8. The van der Waals surface area contributed by atoms with E-state index >= 15 is 0 Å². The number of anilines is 1. The average Bonchev–Trinajstić information content (AvgIpc) is 3.52. The average molecular weight is 436 g/mol. The van der Waals surface area contributed by atoms with E-state index in [1.54, 1.807) is 26.4 Å². The number of methoxy groups -OCH3 is 2. The van der Waals surface area contributed by atoms with Crippen LogP contribution < -0.4 is 19.7 Å². The number of nitrogens with zero attached hydrogens (tertiary/aromatic N) is 3. The summed E-state index contributed by atoms with van der Waals surface area (Å²) in [4.78, 5) is 18.9. The van der Waals surface area contributed by atoms with Gasteiger partial charge in [-0.15, -0.1) is 0 Å². The minimum absolute atomic E-state index is 0.0103. The number of oxazole rings is 1. The Kier molecular flexibility index (Phi) is 6.31. The zero-order valence-electron chi connectivity index (χ0n) is 18.0. The van der Waals surface area contributed by atoms with Crippen molar-refractivity contribution < 1.29 is 23.1 Å². The van der Waals surface area contributed by atoms with E-state index in [1.807, 2.05) is 23.1 Å². The fraction of sp³-hybridized carbons (Fsp3) is 0.348. The number of nitriles is 1. The Labute approximate surface area is 185 Å². The molecule has 1 amide bonds. The summed E-state index contributed by atoms with van der Waals surface area (Å²) in [5, 5.41) is 12.4. The first-order valence-corrected chi connectivity index (χ1v) is 10.3. The van der Waals surface area contributed by atoms with Crippen molar-refractivity contribution >= 4 is 11.8 Å². The Bertz CT molecular complexity index is 1110.